The molecule has 0 unspecified atom stereocenters. The van der Waals surface area contributed by atoms with Crippen molar-refractivity contribution in [1.82, 2.24) is 0 Å². The number of allylic oxidation sites excluding steroid dienone is 3. The molecule has 0 aliphatic carbocycles. The SMILES string of the molecule is N#C/C(N)=C(C#N)/N=C/C=C/c1ccccc1[N+](=O)[O-]. The fourth-order valence-electron chi connectivity index (χ4n) is 1.27. The van der Waals surface area contributed by atoms with Crippen molar-refractivity contribution in [3.05, 3.63) is 57.4 Å². The molecule has 1 aromatic rings. The van der Waals surface area contributed by atoms with Crippen LogP contribution >= 0.6 is 0 Å². The Bertz CT molecular complexity index is 689. The highest BCUT2D eigenvalue weighted by atomic mass is 16.6. The molecule has 0 heterocycles. The first-order valence-electron chi connectivity index (χ1n) is 5.34. The van der Waals surface area contributed by atoms with Crippen LogP contribution in [0, 0.1) is 32.8 Å². The molecule has 0 aliphatic rings. The van der Waals surface area contributed by atoms with Crippen LogP contribution in [-0.4, -0.2) is 11.1 Å². The minimum atomic E-state index is -0.495. The van der Waals surface area contributed by atoms with Gasteiger partial charge < -0.3 is 5.73 Å². The van der Waals surface area contributed by atoms with Gasteiger partial charge in [0.2, 0.25) is 0 Å². The van der Waals surface area contributed by atoms with Gasteiger partial charge >= 0.3 is 0 Å². The van der Waals surface area contributed by atoms with E-state index in [4.69, 9.17) is 16.3 Å². The first kappa shape index (κ1) is 14.6. The van der Waals surface area contributed by atoms with Crippen LogP contribution in [0.15, 0.2) is 46.7 Å². The van der Waals surface area contributed by atoms with E-state index in [1.165, 1.54) is 24.4 Å². The van der Waals surface area contributed by atoms with Gasteiger partial charge in [0.1, 0.15) is 17.8 Å². The van der Waals surface area contributed by atoms with Crippen molar-refractivity contribution < 1.29 is 4.92 Å². The number of nitrogens with zero attached hydrogens (tertiary/aromatic N) is 4. The molecular formula is C13H9N5O2. The maximum Gasteiger partial charge on any atom is 0.276 e. The molecule has 0 aromatic heterocycles. The molecule has 0 saturated carbocycles. The summed E-state index contributed by atoms with van der Waals surface area (Å²) in [7, 11) is 0. The summed E-state index contributed by atoms with van der Waals surface area (Å²) in [6, 6.07) is 9.46. The van der Waals surface area contributed by atoms with E-state index < -0.39 is 4.92 Å². The minimum absolute atomic E-state index is 0.0373. The number of aliphatic imine (C=N–C) groups is 1. The summed E-state index contributed by atoms with van der Waals surface area (Å²) in [5, 5.41) is 28.0. The van der Waals surface area contributed by atoms with Gasteiger partial charge in [0, 0.05) is 12.3 Å². The van der Waals surface area contributed by atoms with Crippen LogP contribution in [0.25, 0.3) is 6.08 Å². The highest BCUT2D eigenvalue weighted by Crippen LogP contribution is 2.18. The quantitative estimate of drug-likeness (QED) is 0.385. The zero-order valence-electron chi connectivity index (χ0n) is 10.2. The molecule has 20 heavy (non-hydrogen) atoms. The Labute approximate surface area is 114 Å². The summed E-state index contributed by atoms with van der Waals surface area (Å²) in [5.74, 6) is 0. The number of para-hydroxylation sites is 1. The van der Waals surface area contributed by atoms with Crippen molar-refractivity contribution in [2.24, 2.45) is 10.7 Å². The maximum atomic E-state index is 10.8. The van der Waals surface area contributed by atoms with Crippen LogP contribution in [0.1, 0.15) is 5.56 Å². The molecule has 0 spiro atoms. The lowest BCUT2D eigenvalue weighted by Crippen LogP contribution is -1.97. The molecule has 2 N–H and O–H groups in total. The van der Waals surface area contributed by atoms with E-state index in [2.05, 4.69) is 4.99 Å². The van der Waals surface area contributed by atoms with Crippen LogP contribution in [0.5, 0.6) is 0 Å². The van der Waals surface area contributed by atoms with Gasteiger partial charge in [-0.05, 0) is 18.2 Å². The van der Waals surface area contributed by atoms with Crippen molar-refractivity contribution in [3.63, 3.8) is 0 Å². The zero-order chi connectivity index (χ0) is 15.0. The van der Waals surface area contributed by atoms with Crippen LogP contribution < -0.4 is 5.73 Å². The van der Waals surface area contributed by atoms with E-state index in [1.807, 2.05) is 0 Å². The van der Waals surface area contributed by atoms with Crippen LogP contribution in [0.4, 0.5) is 5.69 Å². The number of nitrogens with two attached hydrogens (primary N) is 1. The fraction of sp³-hybridized carbons (Fsp3) is 0. The number of hydrogen-bond acceptors (Lipinski definition) is 6. The van der Waals surface area contributed by atoms with Crippen molar-refractivity contribution in [2.75, 3.05) is 0 Å². The summed E-state index contributed by atoms with van der Waals surface area (Å²) in [6.07, 6.45) is 4.13. The highest BCUT2D eigenvalue weighted by molar-refractivity contribution is 5.81. The van der Waals surface area contributed by atoms with Gasteiger partial charge in [-0.1, -0.05) is 12.1 Å². The molecule has 0 fully saturated rings. The standard InChI is InChI=1S/C13H9N5O2/c14-8-11(16)12(9-15)17-7-3-5-10-4-1-2-6-13(10)18(19)20/h1-7H,16H2/b5-3+,12-11-,17-7+. The number of nitriles is 2. The molecule has 0 bridgehead atoms. The highest BCUT2D eigenvalue weighted by Gasteiger charge is 2.08. The van der Waals surface area contributed by atoms with Crippen LogP contribution in [-0.2, 0) is 0 Å². The molecule has 7 heteroatoms. The van der Waals surface area contributed by atoms with Gasteiger partial charge in [-0.3, -0.25) is 10.1 Å². The first-order chi connectivity index (χ1) is 9.60. The van der Waals surface area contributed by atoms with E-state index >= 15 is 0 Å². The van der Waals surface area contributed by atoms with Gasteiger partial charge in [0.05, 0.1) is 10.5 Å². The largest absolute Gasteiger partial charge is 0.388 e. The molecule has 0 amide bonds. The van der Waals surface area contributed by atoms with E-state index in [-0.39, 0.29) is 17.1 Å². The van der Waals surface area contributed by atoms with E-state index in [0.29, 0.717) is 5.56 Å². The second-order valence-corrected chi connectivity index (χ2v) is 3.44. The number of benzene rings is 1. The first-order valence-corrected chi connectivity index (χ1v) is 5.34. The molecule has 1 rings (SSSR count). The minimum Gasteiger partial charge on any atom is -0.388 e. The van der Waals surface area contributed by atoms with Crippen molar-refractivity contribution in [2.45, 2.75) is 0 Å². The summed E-state index contributed by atoms with van der Waals surface area (Å²) in [5.41, 5.74) is 5.12. The summed E-state index contributed by atoms with van der Waals surface area (Å²) in [6.45, 7) is 0. The third-order valence-electron chi connectivity index (χ3n) is 2.18. The molecular weight excluding hydrogens is 258 g/mol. The van der Waals surface area contributed by atoms with E-state index in [9.17, 15) is 10.1 Å². The van der Waals surface area contributed by atoms with Crippen molar-refractivity contribution >= 4 is 18.0 Å². The molecule has 0 atom stereocenters. The molecule has 1 aromatic carbocycles. The average molecular weight is 267 g/mol. The van der Waals surface area contributed by atoms with E-state index in [0.717, 1.165) is 0 Å². The van der Waals surface area contributed by atoms with E-state index in [1.54, 1.807) is 30.3 Å². The predicted octanol–water partition coefficient (Wildman–Crippen LogP) is 1.90. The molecule has 0 saturated heterocycles. The number of nitro groups is 1. The van der Waals surface area contributed by atoms with Crippen molar-refractivity contribution in [1.29, 1.82) is 10.5 Å². The molecule has 7 nitrogen and oxygen atoms in total. The smallest absolute Gasteiger partial charge is 0.276 e. The third kappa shape index (κ3) is 3.79. The second kappa shape index (κ2) is 7.09. The maximum absolute atomic E-state index is 10.8. The number of hydrogen-bond donors (Lipinski definition) is 1. The molecule has 0 radical (unpaired) electrons. The Hall–Kier alpha value is -3.45. The Morgan fingerprint density at radius 2 is 2.05 bits per heavy atom. The Morgan fingerprint density at radius 3 is 2.65 bits per heavy atom. The van der Waals surface area contributed by atoms with Crippen LogP contribution in [0.2, 0.25) is 0 Å². The second-order valence-electron chi connectivity index (χ2n) is 3.44. The normalized spacial score (nSPS) is 11.9. The predicted molar refractivity (Wildman–Crippen MR) is 73.1 cm³/mol. The molecule has 98 valence electrons. The lowest BCUT2D eigenvalue weighted by atomic mass is 10.1. The number of nitro benzene ring substituents is 1. The number of rotatable bonds is 4. The lowest BCUT2D eigenvalue weighted by Gasteiger charge is -1.95. The van der Waals surface area contributed by atoms with Gasteiger partial charge in [0.25, 0.3) is 5.69 Å². The monoisotopic (exact) mass is 267 g/mol. The summed E-state index contributed by atoms with van der Waals surface area (Å²) in [4.78, 5) is 14.0. The van der Waals surface area contributed by atoms with Crippen molar-refractivity contribution in [3.8, 4) is 12.1 Å². The topological polar surface area (TPSA) is 129 Å². The summed E-state index contributed by atoms with van der Waals surface area (Å²) >= 11 is 0. The van der Waals surface area contributed by atoms with Gasteiger partial charge in [0.15, 0.2) is 5.70 Å². The third-order valence-corrected chi connectivity index (χ3v) is 2.18. The lowest BCUT2D eigenvalue weighted by molar-refractivity contribution is -0.385. The van der Waals surface area contributed by atoms with Crippen LogP contribution in [0.3, 0.4) is 0 Å². The zero-order valence-corrected chi connectivity index (χ0v) is 10.2. The fourth-order valence-corrected chi connectivity index (χ4v) is 1.27. The van der Waals surface area contributed by atoms with Gasteiger partial charge in [-0.15, -0.1) is 0 Å². The Balaban J connectivity index is 2.94. The molecule has 0 aliphatic heterocycles. The van der Waals surface area contributed by atoms with Gasteiger partial charge in [-0.2, -0.15) is 10.5 Å². The average Bonchev–Trinajstić information content (AvgIpc) is 2.47. The Kier molecular flexibility index (Phi) is 5.18. The van der Waals surface area contributed by atoms with Gasteiger partial charge in [-0.25, -0.2) is 4.99 Å². The summed E-state index contributed by atoms with van der Waals surface area (Å²) < 4.78 is 0. The Morgan fingerprint density at radius 1 is 1.35 bits per heavy atom.